The molecule has 2 aromatic rings. The van der Waals surface area contributed by atoms with Crippen LogP contribution < -0.4 is 14.4 Å². The highest BCUT2D eigenvalue weighted by Gasteiger charge is 2.44. The molecule has 5 atom stereocenters. The van der Waals surface area contributed by atoms with Gasteiger partial charge < -0.3 is 14.7 Å². The third-order valence-electron chi connectivity index (χ3n) is 10.3. The number of hydrogen-bond acceptors (Lipinski definition) is 6. The zero-order chi connectivity index (χ0) is 29.9. The SMILES string of the molecule is C[C@@H]1/C=C\[C@H](O)[C@@H]2CC[C@H]2CN2C[C@@]3(CCCc4cc(Cl)ccc43)COc3ccc(cc32)C(=O)NS(=O)(=O)CC1(C)C. The maximum Gasteiger partial charge on any atom is 0.264 e. The second-order valence-electron chi connectivity index (χ2n) is 13.6. The Balaban J connectivity index is 1.42. The molecule has 2 aromatic carbocycles. The molecule has 4 aliphatic rings. The van der Waals surface area contributed by atoms with Gasteiger partial charge in [0.1, 0.15) is 5.75 Å². The van der Waals surface area contributed by atoms with Gasteiger partial charge in [-0.15, -0.1) is 0 Å². The van der Waals surface area contributed by atoms with Crippen molar-refractivity contribution < 1.29 is 23.1 Å². The topological polar surface area (TPSA) is 95.9 Å². The first kappa shape index (κ1) is 29.5. The fraction of sp³-hybridized carbons (Fsp3) is 0.545. The van der Waals surface area contributed by atoms with Gasteiger partial charge >= 0.3 is 0 Å². The van der Waals surface area contributed by atoms with E-state index in [1.165, 1.54) is 11.1 Å². The van der Waals surface area contributed by atoms with Crippen molar-refractivity contribution in [2.75, 3.05) is 30.3 Å². The molecule has 7 nitrogen and oxygen atoms in total. The number of carbonyl (C=O) groups is 1. The van der Waals surface area contributed by atoms with E-state index in [4.69, 9.17) is 16.3 Å². The first-order chi connectivity index (χ1) is 19.9. The molecule has 2 aliphatic heterocycles. The number of ether oxygens (including phenoxy) is 1. The lowest BCUT2D eigenvalue weighted by Gasteiger charge is -2.45. The van der Waals surface area contributed by atoms with E-state index in [-0.39, 0.29) is 34.5 Å². The first-order valence-electron chi connectivity index (χ1n) is 15.1. The number of amides is 1. The number of aliphatic hydroxyl groups excluding tert-OH is 1. The van der Waals surface area contributed by atoms with Crippen LogP contribution in [0.4, 0.5) is 5.69 Å². The second kappa shape index (κ2) is 10.9. The molecule has 2 N–H and O–H groups in total. The van der Waals surface area contributed by atoms with E-state index in [0.717, 1.165) is 42.8 Å². The Labute approximate surface area is 254 Å². The predicted octanol–water partition coefficient (Wildman–Crippen LogP) is 5.49. The van der Waals surface area contributed by atoms with Gasteiger partial charge in [0.2, 0.25) is 10.0 Å². The number of carbonyl (C=O) groups excluding carboxylic acids is 1. The molecule has 0 saturated heterocycles. The zero-order valence-corrected chi connectivity index (χ0v) is 26.2. The van der Waals surface area contributed by atoms with E-state index in [2.05, 4.69) is 21.8 Å². The third-order valence-corrected chi connectivity index (χ3v) is 12.2. The van der Waals surface area contributed by atoms with Gasteiger partial charge in [-0.25, -0.2) is 13.1 Å². The number of benzene rings is 2. The molecular formula is C33H41ClN2O5S. The number of aryl methyl sites for hydroxylation is 1. The van der Waals surface area contributed by atoms with Crippen LogP contribution in [0, 0.1) is 23.2 Å². The summed E-state index contributed by atoms with van der Waals surface area (Å²) in [4.78, 5) is 15.7. The number of nitrogens with zero attached hydrogens (tertiary/aromatic N) is 1. The van der Waals surface area contributed by atoms with Gasteiger partial charge in [0.05, 0.1) is 24.2 Å². The largest absolute Gasteiger partial charge is 0.490 e. The summed E-state index contributed by atoms with van der Waals surface area (Å²) in [7, 11) is -3.92. The van der Waals surface area contributed by atoms with Crippen LogP contribution in [0.15, 0.2) is 48.6 Å². The number of nitrogens with one attached hydrogen (secondary N) is 1. The van der Waals surface area contributed by atoms with Gasteiger partial charge in [0.15, 0.2) is 0 Å². The number of sulfonamides is 1. The molecule has 1 spiro atoms. The zero-order valence-electron chi connectivity index (χ0n) is 24.6. The molecule has 6 rings (SSSR count). The summed E-state index contributed by atoms with van der Waals surface area (Å²) in [6, 6.07) is 11.4. The minimum absolute atomic E-state index is 0.112. The predicted molar refractivity (Wildman–Crippen MR) is 166 cm³/mol. The molecule has 42 heavy (non-hydrogen) atoms. The van der Waals surface area contributed by atoms with E-state index in [1.54, 1.807) is 18.2 Å². The van der Waals surface area contributed by atoms with E-state index in [9.17, 15) is 18.3 Å². The molecule has 2 bridgehead atoms. The Morgan fingerprint density at radius 1 is 1.12 bits per heavy atom. The number of rotatable bonds is 0. The minimum Gasteiger partial charge on any atom is -0.490 e. The number of anilines is 1. The quantitative estimate of drug-likeness (QED) is 0.382. The minimum atomic E-state index is -3.92. The van der Waals surface area contributed by atoms with Crippen LogP contribution in [0.3, 0.4) is 0 Å². The molecule has 0 unspecified atom stereocenters. The Kier molecular flexibility index (Phi) is 7.64. The average molecular weight is 613 g/mol. The molecule has 1 fully saturated rings. The van der Waals surface area contributed by atoms with Gasteiger partial charge in [0.25, 0.3) is 5.91 Å². The van der Waals surface area contributed by atoms with Crippen molar-refractivity contribution in [2.45, 2.75) is 64.4 Å². The second-order valence-corrected chi connectivity index (χ2v) is 15.8. The van der Waals surface area contributed by atoms with Crippen molar-refractivity contribution >= 4 is 33.2 Å². The van der Waals surface area contributed by atoms with Crippen molar-refractivity contribution in [3.63, 3.8) is 0 Å². The highest BCUT2D eigenvalue weighted by molar-refractivity contribution is 7.90. The Morgan fingerprint density at radius 3 is 2.69 bits per heavy atom. The molecule has 2 heterocycles. The van der Waals surface area contributed by atoms with Crippen LogP contribution in [0.5, 0.6) is 5.75 Å². The summed E-state index contributed by atoms with van der Waals surface area (Å²) in [5.41, 5.74) is 2.67. The summed E-state index contributed by atoms with van der Waals surface area (Å²) in [5.74, 6) is 0.0809. The van der Waals surface area contributed by atoms with Crippen molar-refractivity contribution in [3.8, 4) is 5.75 Å². The van der Waals surface area contributed by atoms with Crippen LogP contribution in [0.25, 0.3) is 0 Å². The molecule has 0 radical (unpaired) electrons. The van der Waals surface area contributed by atoms with Gasteiger partial charge in [0, 0.05) is 29.1 Å². The van der Waals surface area contributed by atoms with E-state index < -0.39 is 27.4 Å². The number of allylic oxidation sites excluding steroid dienone is 1. The molecule has 1 amide bonds. The summed E-state index contributed by atoms with van der Waals surface area (Å²) < 4.78 is 35.1. The van der Waals surface area contributed by atoms with Gasteiger partial charge in [-0.05, 0) is 96.7 Å². The molecule has 226 valence electrons. The summed E-state index contributed by atoms with van der Waals surface area (Å²) in [6.07, 6.45) is 8.09. The van der Waals surface area contributed by atoms with Crippen LogP contribution in [0.2, 0.25) is 5.02 Å². The van der Waals surface area contributed by atoms with Crippen LogP contribution in [-0.4, -0.2) is 51.0 Å². The average Bonchev–Trinajstić information content (AvgIpc) is 3.05. The maximum absolute atomic E-state index is 13.3. The maximum atomic E-state index is 13.3. The smallest absolute Gasteiger partial charge is 0.264 e. The summed E-state index contributed by atoms with van der Waals surface area (Å²) >= 11 is 6.39. The molecule has 9 heteroatoms. The monoisotopic (exact) mass is 612 g/mol. The lowest BCUT2D eigenvalue weighted by molar-refractivity contribution is 0.0452. The highest BCUT2D eigenvalue weighted by Crippen LogP contribution is 2.47. The Morgan fingerprint density at radius 2 is 1.93 bits per heavy atom. The van der Waals surface area contributed by atoms with E-state index in [0.29, 0.717) is 25.4 Å². The van der Waals surface area contributed by atoms with Gasteiger partial charge in [-0.1, -0.05) is 50.6 Å². The Bertz CT molecular complexity index is 1520. The van der Waals surface area contributed by atoms with Crippen molar-refractivity contribution in [1.29, 1.82) is 0 Å². The fourth-order valence-electron chi connectivity index (χ4n) is 7.35. The van der Waals surface area contributed by atoms with Crippen molar-refractivity contribution in [2.24, 2.45) is 23.2 Å². The van der Waals surface area contributed by atoms with Crippen LogP contribution >= 0.6 is 11.6 Å². The van der Waals surface area contributed by atoms with Crippen molar-refractivity contribution in [1.82, 2.24) is 4.72 Å². The standard InChI is InChI=1S/C33H41ClN2O5S/c1-21-6-12-29(37)26-10-7-24(26)17-36-18-33(14-4-5-22-15-25(34)9-11-27(22)33)19-41-30-13-8-23(16-28(30)36)31(38)35-42(39,40)20-32(21,2)3/h6,8-9,11-13,15-16,21,24,26,29,37H,4-5,7,10,14,17-20H2,1-3H3,(H,35,38)/b12-6-/t21-,24+,26-,29+,33+/m1/s1. The number of hydrogen-bond donors (Lipinski definition) is 2. The molecule has 0 aromatic heterocycles. The molecular weight excluding hydrogens is 572 g/mol. The van der Waals surface area contributed by atoms with Crippen LogP contribution in [-0.2, 0) is 21.9 Å². The lowest BCUT2D eigenvalue weighted by atomic mass is 9.68. The first-order valence-corrected chi connectivity index (χ1v) is 17.1. The van der Waals surface area contributed by atoms with Crippen molar-refractivity contribution in [3.05, 3.63) is 70.3 Å². The van der Waals surface area contributed by atoms with Gasteiger partial charge in [-0.3, -0.25) is 4.79 Å². The molecule has 2 aliphatic carbocycles. The highest BCUT2D eigenvalue weighted by atomic mass is 35.5. The van der Waals surface area contributed by atoms with E-state index in [1.807, 2.05) is 39.0 Å². The van der Waals surface area contributed by atoms with Gasteiger partial charge in [-0.2, -0.15) is 0 Å². The summed E-state index contributed by atoms with van der Waals surface area (Å²) in [6.45, 7) is 7.60. The van der Waals surface area contributed by atoms with E-state index >= 15 is 0 Å². The fourth-order valence-corrected chi connectivity index (χ4v) is 9.26. The lowest BCUT2D eigenvalue weighted by Crippen LogP contribution is -2.49. The normalized spacial score (nSPS) is 32.8. The number of aliphatic hydroxyl groups is 1. The number of fused-ring (bicyclic) bond motifs is 4. The third kappa shape index (κ3) is 5.58. The number of halogens is 1. The summed E-state index contributed by atoms with van der Waals surface area (Å²) in [5, 5.41) is 12.0. The van der Waals surface area contributed by atoms with Crippen LogP contribution in [0.1, 0.15) is 67.9 Å². The molecule has 1 saturated carbocycles. The Hall–Kier alpha value is -2.55.